The lowest BCUT2D eigenvalue weighted by atomic mass is 10.1. The van der Waals surface area contributed by atoms with Crippen molar-refractivity contribution in [3.63, 3.8) is 0 Å². The van der Waals surface area contributed by atoms with Crippen LogP contribution in [-0.2, 0) is 47.2 Å². The summed E-state index contributed by atoms with van der Waals surface area (Å²) in [6.07, 6.45) is -5.31. The highest BCUT2D eigenvalue weighted by Crippen LogP contribution is 2.68. The van der Waals surface area contributed by atoms with E-state index in [0.29, 0.717) is 28.3 Å². The van der Waals surface area contributed by atoms with Crippen LogP contribution in [0.25, 0.3) is 21.9 Å². The molecule has 65 heavy (non-hydrogen) atoms. The molecule has 1 saturated heterocycles. The van der Waals surface area contributed by atoms with E-state index in [1.807, 2.05) is 6.92 Å². The number of nitrogens with zero attached hydrogens (tertiary/aromatic N) is 4. The summed E-state index contributed by atoms with van der Waals surface area (Å²) >= 11 is 1.22. The van der Waals surface area contributed by atoms with Crippen molar-refractivity contribution in [2.45, 2.75) is 55.6 Å². The number of thioether (sulfide) groups is 1. The Labute approximate surface area is 375 Å². The van der Waals surface area contributed by atoms with E-state index in [9.17, 15) is 38.0 Å². The minimum atomic E-state index is -5.86. The molecule has 25 heteroatoms. The van der Waals surface area contributed by atoms with Crippen LogP contribution in [0, 0.1) is 0 Å². The zero-order valence-corrected chi connectivity index (χ0v) is 37.9. The van der Waals surface area contributed by atoms with Crippen LogP contribution in [0.1, 0.15) is 31.6 Å². The number of hydrogen-bond acceptors (Lipinski definition) is 18. The van der Waals surface area contributed by atoms with Gasteiger partial charge in [0.1, 0.15) is 17.6 Å². The first-order valence-corrected chi connectivity index (χ1v) is 25.7. The summed E-state index contributed by atoms with van der Waals surface area (Å²) in [5, 5.41) is 4.82. The molecule has 3 heterocycles. The first-order chi connectivity index (χ1) is 31.1. The second kappa shape index (κ2) is 21.0. The summed E-state index contributed by atoms with van der Waals surface area (Å²) in [5.41, 5.74) is 0.719. The van der Waals surface area contributed by atoms with Crippen molar-refractivity contribution in [2.24, 2.45) is 0 Å². The van der Waals surface area contributed by atoms with Gasteiger partial charge < -0.3 is 43.7 Å². The number of aromatic nitrogens is 4. The number of carbonyl (C=O) groups excluding carboxylic acids is 2. The SMILES string of the molecule is CCCCNc1nc(SC)nc2c1ncn2[C@@H]1O[C@H](COP(=O)(O)OP(=O)(O)OP(=O)(O)Cc2cccc3ccccc23)[C@@H](OC(=O)Oc2ccccc2)[C@H]1OC(=O)Oc1ccccc1. The lowest BCUT2D eigenvalue weighted by molar-refractivity contribution is -0.0565. The molecule has 1 aliphatic heterocycles. The number of unbranched alkanes of at least 4 members (excludes halogenated alkanes) is 1. The van der Waals surface area contributed by atoms with E-state index in [4.69, 9.17) is 28.2 Å². The summed E-state index contributed by atoms with van der Waals surface area (Å²) in [4.78, 5) is 72.4. The average Bonchev–Trinajstić information content (AvgIpc) is 3.83. The smallest absolute Gasteiger partial charge is 0.424 e. The minimum absolute atomic E-state index is 0.0558. The van der Waals surface area contributed by atoms with Crippen LogP contribution in [0.4, 0.5) is 15.4 Å². The number of anilines is 1. The van der Waals surface area contributed by atoms with Crippen LogP contribution in [0.3, 0.4) is 0 Å². The standard InChI is InChI=1S/C40H42N5O16P3S/c1-3-4-22-41-35-32-36(44-38(43-35)65-2)45(25-42-32)37-34(59-40(47)56-29-19-9-6-10-20-29)33(58-39(46)55-28-17-7-5-8-18-28)31(57-37)23-54-63(50,51)61-64(52,53)60-62(48,49)24-27-16-13-15-26-14-11-12-21-30(26)27/h5-21,25,31,33-34,37H,3-4,22-24H2,1-2H3,(H,48,49)(H,50,51)(H,52,53)(H,41,43,44)/t31-,33-,34-,37-/m1/s1. The Hall–Kier alpha value is -5.21. The maximum Gasteiger partial charge on any atom is 0.514 e. The molecule has 21 nitrogen and oxygen atoms in total. The molecule has 1 aliphatic rings. The molecular weight excluding hydrogens is 931 g/mol. The second-order valence-corrected chi connectivity index (χ2v) is 19.9. The fourth-order valence-electron chi connectivity index (χ4n) is 6.63. The molecule has 2 aromatic heterocycles. The Kier molecular flexibility index (Phi) is 15.4. The highest BCUT2D eigenvalue weighted by Gasteiger charge is 2.53. The van der Waals surface area contributed by atoms with E-state index in [-0.39, 0.29) is 28.2 Å². The molecule has 7 atom stereocenters. The van der Waals surface area contributed by atoms with Crippen molar-refractivity contribution in [3.05, 3.63) is 115 Å². The molecule has 4 N–H and O–H groups in total. The highest BCUT2D eigenvalue weighted by atomic mass is 32.2. The van der Waals surface area contributed by atoms with Crippen molar-refractivity contribution in [1.82, 2.24) is 19.5 Å². The third kappa shape index (κ3) is 12.6. The Morgan fingerprint density at radius 3 is 2.09 bits per heavy atom. The van der Waals surface area contributed by atoms with Crippen molar-refractivity contribution in [2.75, 3.05) is 24.7 Å². The van der Waals surface area contributed by atoms with E-state index >= 15 is 0 Å². The first kappa shape index (κ1) is 47.7. The summed E-state index contributed by atoms with van der Waals surface area (Å²) in [7, 11) is -16.6. The predicted octanol–water partition coefficient (Wildman–Crippen LogP) is 8.62. The van der Waals surface area contributed by atoms with Gasteiger partial charge in [-0.25, -0.2) is 38.0 Å². The number of carbonyl (C=O) groups is 2. The van der Waals surface area contributed by atoms with Crippen molar-refractivity contribution >= 4 is 75.1 Å². The number of fused-ring (bicyclic) bond motifs is 2. The van der Waals surface area contributed by atoms with Crippen molar-refractivity contribution < 1.29 is 74.8 Å². The van der Waals surface area contributed by atoms with Crippen molar-refractivity contribution in [3.8, 4) is 11.5 Å². The summed E-state index contributed by atoms with van der Waals surface area (Å²) in [6.45, 7) is 1.48. The lowest BCUT2D eigenvalue weighted by Gasteiger charge is -2.24. The van der Waals surface area contributed by atoms with Gasteiger partial charge in [0.05, 0.1) is 19.1 Å². The van der Waals surface area contributed by atoms with Gasteiger partial charge in [-0.15, -0.1) is 0 Å². The van der Waals surface area contributed by atoms with E-state index in [0.717, 1.165) is 12.8 Å². The van der Waals surface area contributed by atoms with Crippen molar-refractivity contribution in [1.29, 1.82) is 0 Å². The molecular formula is C40H42N5O16P3S. The normalized spacial score (nSPS) is 20.0. The van der Waals surface area contributed by atoms with Gasteiger partial charge in [0.25, 0.3) is 0 Å². The number of hydrogen-bond donors (Lipinski definition) is 4. The van der Waals surface area contributed by atoms with Crippen LogP contribution in [-0.4, -0.2) is 84.2 Å². The van der Waals surface area contributed by atoms with E-state index in [1.54, 1.807) is 79.1 Å². The van der Waals surface area contributed by atoms with E-state index < -0.39 is 72.9 Å². The Morgan fingerprint density at radius 1 is 0.800 bits per heavy atom. The quantitative estimate of drug-likeness (QED) is 0.0148. The maximum atomic E-state index is 13.5. The van der Waals surface area contributed by atoms with Crippen LogP contribution in [0.5, 0.6) is 11.5 Å². The number of phosphoric ester groups is 1. The largest absolute Gasteiger partial charge is 0.514 e. The third-order valence-electron chi connectivity index (χ3n) is 9.41. The van der Waals surface area contributed by atoms with Gasteiger partial charge in [0.2, 0.25) is 0 Å². The maximum absolute atomic E-state index is 13.5. The molecule has 0 saturated carbocycles. The van der Waals surface area contributed by atoms with Crippen LogP contribution < -0.4 is 14.8 Å². The van der Waals surface area contributed by atoms with Gasteiger partial charge >= 0.3 is 35.6 Å². The monoisotopic (exact) mass is 973 g/mol. The topological polar surface area (TPSA) is 276 Å². The van der Waals surface area contributed by atoms with Gasteiger partial charge in [-0.05, 0) is 53.3 Å². The zero-order chi connectivity index (χ0) is 46.2. The molecule has 3 unspecified atom stereocenters. The van der Waals surface area contributed by atoms with Gasteiger partial charge in [-0.2, -0.15) is 4.31 Å². The zero-order valence-electron chi connectivity index (χ0n) is 34.4. The molecule has 0 bridgehead atoms. The Bertz CT molecular complexity index is 2770. The van der Waals surface area contributed by atoms with Crippen LogP contribution >= 0.6 is 35.0 Å². The predicted molar refractivity (Wildman–Crippen MR) is 234 cm³/mol. The van der Waals surface area contributed by atoms with Crippen LogP contribution in [0.2, 0.25) is 0 Å². The second-order valence-electron chi connectivity index (χ2n) is 14.1. The summed E-state index contributed by atoms with van der Waals surface area (Å²) in [6, 6.07) is 27.3. The van der Waals surface area contributed by atoms with Gasteiger partial charge in [0, 0.05) is 6.54 Å². The number of benzene rings is 4. The van der Waals surface area contributed by atoms with Gasteiger partial charge in [-0.1, -0.05) is 104 Å². The Balaban J connectivity index is 1.17. The molecule has 1 fully saturated rings. The number of phosphoric acid groups is 2. The first-order valence-electron chi connectivity index (χ1n) is 19.7. The molecule has 0 radical (unpaired) electrons. The fraction of sp³-hybridized carbons (Fsp3) is 0.275. The van der Waals surface area contributed by atoms with Gasteiger partial charge in [0.15, 0.2) is 40.6 Å². The fourth-order valence-corrected chi connectivity index (χ4v) is 11.2. The number of para-hydroxylation sites is 2. The van der Waals surface area contributed by atoms with E-state index in [1.165, 1.54) is 53.0 Å². The van der Waals surface area contributed by atoms with Crippen LogP contribution in [0.15, 0.2) is 115 Å². The lowest BCUT2D eigenvalue weighted by Crippen LogP contribution is -2.42. The highest BCUT2D eigenvalue weighted by molar-refractivity contribution is 7.98. The van der Waals surface area contributed by atoms with E-state index in [2.05, 4.69) is 28.9 Å². The molecule has 4 aromatic carbocycles. The number of ether oxygens (including phenoxy) is 5. The average molecular weight is 974 g/mol. The van der Waals surface area contributed by atoms with Gasteiger partial charge in [-0.3, -0.25) is 13.7 Å². The number of nitrogens with one attached hydrogen (secondary N) is 1. The molecule has 0 spiro atoms. The Morgan fingerprint density at radius 2 is 1.43 bits per heavy atom. The third-order valence-corrected chi connectivity index (χ3v) is 14.7. The summed E-state index contributed by atoms with van der Waals surface area (Å²) < 4.78 is 83.4. The molecule has 344 valence electrons. The molecule has 6 aromatic rings. The number of rotatable bonds is 19. The molecule has 7 rings (SSSR count). The molecule has 0 aliphatic carbocycles. The number of imidazole rings is 1. The molecule has 0 amide bonds. The minimum Gasteiger partial charge on any atom is -0.424 e. The summed E-state index contributed by atoms with van der Waals surface area (Å²) in [5.74, 6) is 0.518.